The number of nitrogens with one attached hydrogen (secondary N) is 4. The van der Waals surface area contributed by atoms with Gasteiger partial charge in [-0.25, -0.2) is 0 Å². The summed E-state index contributed by atoms with van der Waals surface area (Å²) in [6, 6.07) is 0. The predicted octanol–water partition coefficient (Wildman–Crippen LogP) is -0.959. The molecule has 1 aliphatic rings. The minimum Gasteiger partial charge on any atom is -0.312 e. The summed E-state index contributed by atoms with van der Waals surface area (Å²) in [5.74, 6) is 0. The van der Waals surface area contributed by atoms with Gasteiger partial charge in [-0.15, -0.1) is 0 Å². The van der Waals surface area contributed by atoms with Crippen LogP contribution in [0.2, 0.25) is 0 Å². The van der Waals surface area contributed by atoms with Crippen molar-refractivity contribution in [3.05, 3.63) is 0 Å². The standard InChI is InChI=1S/C4H11N5/c5-9-8-4-3-6-1-2-7-4/h4,6-7H,1-3H2,(H2,5,8). The third-order valence-electron chi connectivity index (χ3n) is 1.26. The third-order valence-corrected chi connectivity index (χ3v) is 1.26. The maximum atomic E-state index is 6.49. The maximum absolute atomic E-state index is 6.49. The lowest BCUT2D eigenvalue weighted by Crippen LogP contribution is -2.53. The summed E-state index contributed by atoms with van der Waals surface area (Å²) < 4.78 is 0. The second-order valence-corrected chi connectivity index (χ2v) is 1.95. The Kier molecular flexibility index (Phi) is 2.41. The number of hydrogen-bond acceptors (Lipinski definition) is 4. The highest BCUT2D eigenvalue weighted by Crippen LogP contribution is 1.79. The minimum absolute atomic E-state index is 0.135. The van der Waals surface area contributed by atoms with E-state index in [1.807, 2.05) is 0 Å². The molecular weight excluding hydrogens is 118 g/mol. The number of rotatable bonds is 2. The molecule has 1 saturated heterocycles. The van der Waals surface area contributed by atoms with E-state index < -0.39 is 0 Å². The van der Waals surface area contributed by atoms with Crippen molar-refractivity contribution < 1.29 is 0 Å². The van der Waals surface area contributed by atoms with Gasteiger partial charge in [0.15, 0.2) is 0 Å². The largest absolute Gasteiger partial charge is 0.312 e. The first-order valence-electron chi connectivity index (χ1n) is 2.99. The lowest BCUT2D eigenvalue weighted by Gasteiger charge is -2.22. The molecule has 0 aliphatic carbocycles. The fourth-order valence-corrected chi connectivity index (χ4v) is 0.823. The summed E-state index contributed by atoms with van der Waals surface area (Å²) in [5, 5.41) is 9.34. The first kappa shape index (κ1) is 6.44. The zero-order chi connectivity index (χ0) is 6.53. The Morgan fingerprint density at radius 3 is 3.00 bits per heavy atom. The van der Waals surface area contributed by atoms with Gasteiger partial charge in [-0.05, 0) is 0 Å². The number of nitrogens with zero attached hydrogens (tertiary/aromatic N) is 1. The predicted molar refractivity (Wildman–Crippen MR) is 32.9 cm³/mol. The van der Waals surface area contributed by atoms with Gasteiger partial charge in [-0.1, -0.05) is 5.22 Å². The lowest BCUT2D eigenvalue weighted by molar-refractivity contribution is 0.357. The molecule has 1 unspecified atom stereocenters. The molecule has 5 nitrogen and oxygen atoms in total. The van der Waals surface area contributed by atoms with E-state index in [1.54, 1.807) is 0 Å². The van der Waals surface area contributed by atoms with Crippen molar-refractivity contribution in [2.75, 3.05) is 19.6 Å². The summed E-state index contributed by atoms with van der Waals surface area (Å²) in [4.78, 5) is 0. The van der Waals surface area contributed by atoms with Crippen LogP contribution in [0.3, 0.4) is 0 Å². The van der Waals surface area contributed by atoms with E-state index in [0.29, 0.717) is 0 Å². The quantitative estimate of drug-likeness (QED) is 0.286. The fraction of sp³-hybridized carbons (Fsp3) is 1.00. The van der Waals surface area contributed by atoms with Crippen LogP contribution in [0.4, 0.5) is 0 Å². The first-order valence-corrected chi connectivity index (χ1v) is 2.99. The molecule has 1 heterocycles. The van der Waals surface area contributed by atoms with Gasteiger partial charge in [-0.3, -0.25) is 10.7 Å². The summed E-state index contributed by atoms with van der Waals surface area (Å²) in [6.45, 7) is 2.77. The van der Waals surface area contributed by atoms with Crippen molar-refractivity contribution >= 4 is 0 Å². The molecule has 5 heteroatoms. The number of hydrogen-bond donors (Lipinski definition) is 4. The molecule has 52 valence electrons. The molecule has 0 spiro atoms. The van der Waals surface area contributed by atoms with E-state index in [0.717, 1.165) is 19.6 Å². The molecule has 0 aromatic carbocycles. The monoisotopic (exact) mass is 129 g/mol. The minimum atomic E-state index is 0.135. The van der Waals surface area contributed by atoms with Gasteiger partial charge in [0, 0.05) is 19.6 Å². The van der Waals surface area contributed by atoms with Crippen molar-refractivity contribution in [1.29, 1.82) is 5.53 Å². The van der Waals surface area contributed by atoms with Crippen LogP contribution in [-0.2, 0) is 0 Å². The molecule has 1 rings (SSSR count). The molecule has 1 fully saturated rings. The van der Waals surface area contributed by atoms with Crippen LogP contribution in [0.15, 0.2) is 5.22 Å². The molecule has 0 amide bonds. The van der Waals surface area contributed by atoms with Crippen LogP contribution in [0, 0.1) is 5.53 Å². The molecule has 4 N–H and O–H groups in total. The average molecular weight is 129 g/mol. The molecule has 0 saturated carbocycles. The summed E-state index contributed by atoms with van der Waals surface area (Å²) in [5.41, 5.74) is 9.09. The molecular formula is C4H11N5. The molecule has 0 aromatic heterocycles. The van der Waals surface area contributed by atoms with E-state index in [1.165, 1.54) is 0 Å². The molecule has 0 bridgehead atoms. The van der Waals surface area contributed by atoms with Gasteiger partial charge in [0.25, 0.3) is 0 Å². The summed E-state index contributed by atoms with van der Waals surface area (Å²) in [7, 11) is 0. The zero-order valence-corrected chi connectivity index (χ0v) is 5.15. The van der Waals surface area contributed by atoms with E-state index in [9.17, 15) is 0 Å². The van der Waals surface area contributed by atoms with Crippen molar-refractivity contribution in [3.8, 4) is 0 Å². The zero-order valence-electron chi connectivity index (χ0n) is 5.15. The van der Waals surface area contributed by atoms with Gasteiger partial charge < -0.3 is 5.32 Å². The normalized spacial score (nSPS) is 27.3. The van der Waals surface area contributed by atoms with Crippen LogP contribution in [0.5, 0.6) is 0 Å². The molecule has 0 radical (unpaired) electrons. The van der Waals surface area contributed by atoms with Crippen molar-refractivity contribution in [2.24, 2.45) is 5.22 Å². The van der Waals surface area contributed by atoms with Crippen LogP contribution in [0.25, 0.3) is 0 Å². The van der Waals surface area contributed by atoms with E-state index in [-0.39, 0.29) is 6.17 Å². The SMILES string of the molecule is N=NNC1CNCCN1. The van der Waals surface area contributed by atoms with Crippen LogP contribution < -0.4 is 16.1 Å². The lowest BCUT2D eigenvalue weighted by atomic mass is 10.4. The van der Waals surface area contributed by atoms with Crippen LogP contribution in [0.1, 0.15) is 0 Å². The van der Waals surface area contributed by atoms with Gasteiger partial charge in [0.05, 0.1) is 0 Å². The summed E-state index contributed by atoms with van der Waals surface area (Å²) in [6.07, 6.45) is 0.135. The molecule has 0 aromatic rings. The van der Waals surface area contributed by atoms with Gasteiger partial charge in [0.1, 0.15) is 6.17 Å². The second kappa shape index (κ2) is 3.37. The van der Waals surface area contributed by atoms with Crippen molar-refractivity contribution in [1.82, 2.24) is 16.1 Å². The van der Waals surface area contributed by atoms with Crippen molar-refractivity contribution in [2.45, 2.75) is 6.17 Å². The smallest absolute Gasteiger partial charge is 0.108 e. The molecule has 1 atom stereocenters. The number of piperazine rings is 1. The Balaban J connectivity index is 2.15. The van der Waals surface area contributed by atoms with E-state index >= 15 is 0 Å². The van der Waals surface area contributed by atoms with Crippen LogP contribution >= 0.6 is 0 Å². The Morgan fingerprint density at radius 2 is 2.44 bits per heavy atom. The van der Waals surface area contributed by atoms with Gasteiger partial charge in [0.2, 0.25) is 0 Å². The fourth-order valence-electron chi connectivity index (χ4n) is 0.823. The van der Waals surface area contributed by atoms with Crippen LogP contribution in [-0.4, -0.2) is 25.8 Å². The highest BCUT2D eigenvalue weighted by Gasteiger charge is 2.08. The van der Waals surface area contributed by atoms with Gasteiger partial charge in [-0.2, -0.15) is 5.53 Å². The third kappa shape index (κ3) is 1.95. The van der Waals surface area contributed by atoms with Crippen molar-refractivity contribution in [3.63, 3.8) is 0 Å². The first-order chi connectivity index (χ1) is 4.43. The van der Waals surface area contributed by atoms with E-state index in [2.05, 4.69) is 21.3 Å². The average Bonchev–Trinajstić information content (AvgIpc) is 1.91. The van der Waals surface area contributed by atoms with E-state index in [4.69, 9.17) is 5.53 Å². The highest BCUT2D eigenvalue weighted by molar-refractivity contribution is 4.70. The topological polar surface area (TPSA) is 72.3 Å². The Morgan fingerprint density at radius 1 is 1.56 bits per heavy atom. The molecule has 9 heavy (non-hydrogen) atoms. The Labute approximate surface area is 53.7 Å². The molecule has 1 aliphatic heterocycles. The maximum Gasteiger partial charge on any atom is 0.108 e. The second-order valence-electron chi connectivity index (χ2n) is 1.95. The van der Waals surface area contributed by atoms with Gasteiger partial charge >= 0.3 is 0 Å². The summed E-state index contributed by atoms with van der Waals surface area (Å²) >= 11 is 0. The highest BCUT2D eigenvalue weighted by atomic mass is 15.4. The Hall–Kier alpha value is -0.680. The Bertz CT molecular complexity index is 87.0.